The van der Waals surface area contributed by atoms with Crippen molar-refractivity contribution in [1.29, 1.82) is 0 Å². The van der Waals surface area contributed by atoms with E-state index in [1.54, 1.807) is 12.3 Å². The molecular weight excluding hydrogens is 330 g/mol. The molecule has 0 bridgehead atoms. The number of fused-ring (bicyclic) bond motifs is 1. The van der Waals surface area contributed by atoms with E-state index in [9.17, 15) is 4.79 Å². The highest BCUT2D eigenvalue weighted by Crippen LogP contribution is 2.26. The predicted molar refractivity (Wildman–Crippen MR) is 100 cm³/mol. The summed E-state index contributed by atoms with van der Waals surface area (Å²) < 4.78 is 11.2. The zero-order chi connectivity index (χ0) is 18.1. The van der Waals surface area contributed by atoms with Gasteiger partial charge in [-0.15, -0.1) is 0 Å². The zero-order valence-electron chi connectivity index (χ0n) is 15.1. The molecule has 0 aliphatic carbocycles. The van der Waals surface area contributed by atoms with E-state index in [-0.39, 0.29) is 18.1 Å². The minimum Gasteiger partial charge on any atom is -0.493 e. The smallest absolute Gasteiger partial charge is 0.255 e. The molecule has 1 fully saturated rings. The number of nitrogens with zero attached hydrogens (tertiary/aromatic N) is 2. The molecule has 2 atom stereocenters. The first kappa shape index (κ1) is 16.8. The molecule has 2 unspecified atom stereocenters. The monoisotopic (exact) mass is 353 g/mol. The van der Waals surface area contributed by atoms with Crippen molar-refractivity contribution in [2.24, 2.45) is 0 Å². The van der Waals surface area contributed by atoms with E-state index in [1.807, 2.05) is 24.3 Å². The van der Waals surface area contributed by atoms with Crippen LogP contribution in [0, 0.1) is 0 Å². The lowest BCUT2D eigenvalue weighted by atomic mass is 10.1. The highest BCUT2D eigenvalue weighted by atomic mass is 16.5. The Labute approximate surface area is 153 Å². The standard InChI is InChI=1S/C20H23N3O3/c1-13-11-23(12-14(2)26-13)19-6-4-17(10-21-19)22-20(24)16-3-5-18-15(9-16)7-8-25-18/h3-6,9-10,13-14H,7-8,11-12H2,1-2H3,(H,22,24). The molecule has 2 aliphatic heterocycles. The van der Waals surface area contributed by atoms with Crippen molar-refractivity contribution in [3.8, 4) is 5.75 Å². The molecular formula is C20H23N3O3. The summed E-state index contributed by atoms with van der Waals surface area (Å²) in [6.45, 7) is 6.46. The van der Waals surface area contributed by atoms with Crippen LogP contribution in [0.2, 0.25) is 0 Å². The molecule has 2 aromatic rings. The van der Waals surface area contributed by atoms with E-state index < -0.39 is 0 Å². The third-order valence-electron chi connectivity index (χ3n) is 4.70. The fourth-order valence-corrected chi connectivity index (χ4v) is 3.54. The van der Waals surface area contributed by atoms with Gasteiger partial charge in [-0.05, 0) is 49.7 Å². The van der Waals surface area contributed by atoms with Gasteiger partial charge in [0.15, 0.2) is 0 Å². The van der Waals surface area contributed by atoms with Gasteiger partial charge in [-0.1, -0.05) is 0 Å². The maximum Gasteiger partial charge on any atom is 0.255 e. The van der Waals surface area contributed by atoms with Gasteiger partial charge in [0, 0.05) is 25.1 Å². The average Bonchev–Trinajstić information content (AvgIpc) is 3.09. The largest absolute Gasteiger partial charge is 0.493 e. The number of benzene rings is 1. The van der Waals surface area contributed by atoms with Gasteiger partial charge < -0.3 is 19.7 Å². The Morgan fingerprint density at radius 3 is 2.73 bits per heavy atom. The number of aromatic nitrogens is 1. The predicted octanol–water partition coefficient (Wildman–Crippen LogP) is 2.88. The van der Waals surface area contributed by atoms with E-state index >= 15 is 0 Å². The van der Waals surface area contributed by atoms with Crippen molar-refractivity contribution < 1.29 is 14.3 Å². The lowest BCUT2D eigenvalue weighted by molar-refractivity contribution is -0.00545. The van der Waals surface area contributed by atoms with Gasteiger partial charge >= 0.3 is 0 Å². The van der Waals surface area contributed by atoms with Crippen molar-refractivity contribution in [2.45, 2.75) is 32.5 Å². The van der Waals surface area contributed by atoms with Gasteiger partial charge in [0.05, 0.1) is 30.7 Å². The Hall–Kier alpha value is -2.60. The first-order valence-corrected chi connectivity index (χ1v) is 9.02. The molecule has 3 heterocycles. The molecule has 0 radical (unpaired) electrons. The Balaban J connectivity index is 1.43. The van der Waals surface area contributed by atoms with Crippen LogP contribution in [0.3, 0.4) is 0 Å². The molecule has 4 rings (SSSR count). The Morgan fingerprint density at radius 1 is 1.19 bits per heavy atom. The van der Waals surface area contributed by atoms with Gasteiger partial charge in [0.1, 0.15) is 11.6 Å². The summed E-state index contributed by atoms with van der Waals surface area (Å²) in [4.78, 5) is 19.2. The number of pyridine rings is 1. The Morgan fingerprint density at radius 2 is 2.00 bits per heavy atom. The zero-order valence-corrected chi connectivity index (χ0v) is 15.1. The normalized spacial score (nSPS) is 21.8. The van der Waals surface area contributed by atoms with Gasteiger partial charge in [-0.3, -0.25) is 4.79 Å². The Kier molecular flexibility index (Phi) is 4.51. The van der Waals surface area contributed by atoms with E-state index in [1.165, 1.54) is 0 Å². The number of rotatable bonds is 3. The first-order chi connectivity index (χ1) is 12.6. The van der Waals surface area contributed by atoms with Crippen molar-refractivity contribution in [2.75, 3.05) is 29.9 Å². The van der Waals surface area contributed by atoms with Crippen molar-refractivity contribution in [3.05, 3.63) is 47.7 Å². The third kappa shape index (κ3) is 3.51. The molecule has 1 amide bonds. The number of amides is 1. The molecule has 0 saturated carbocycles. The van der Waals surface area contributed by atoms with Gasteiger partial charge in [-0.25, -0.2) is 4.98 Å². The molecule has 26 heavy (non-hydrogen) atoms. The van der Waals surface area contributed by atoms with E-state index in [0.29, 0.717) is 17.9 Å². The van der Waals surface area contributed by atoms with Crippen molar-refractivity contribution >= 4 is 17.4 Å². The molecule has 1 aromatic carbocycles. The molecule has 1 N–H and O–H groups in total. The summed E-state index contributed by atoms with van der Waals surface area (Å²) in [7, 11) is 0. The summed E-state index contributed by atoms with van der Waals surface area (Å²) in [5.41, 5.74) is 2.40. The molecule has 1 saturated heterocycles. The van der Waals surface area contributed by atoms with Crippen LogP contribution in [-0.2, 0) is 11.2 Å². The minimum absolute atomic E-state index is 0.136. The summed E-state index contributed by atoms with van der Waals surface area (Å²) in [5.74, 6) is 1.64. The Bertz CT molecular complexity index is 796. The van der Waals surface area contributed by atoms with Crippen LogP contribution in [0.5, 0.6) is 5.75 Å². The van der Waals surface area contributed by atoms with Crippen LogP contribution in [-0.4, -0.2) is 42.8 Å². The molecule has 136 valence electrons. The van der Waals surface area contributed by atoms with Gasteiger partial charge in [0.25, 0.3) is 5.91 Å². The molecule has 0 spiro atoms. The summed E-state index contributed by atoms with van der Waals surface area (Å²) >= 11 is 0. The number of hydrogen-bond acceptors (Lipinski definition) is 5. The lowest BCUT2D eigenvalue weighted by Gasteiger charge is -2.36. The topological polar surface area (TPSA) is 63.7 Å². The van der Waals surface area contributed by atoms with Crippen LogP contribution in [0.15, 0.2) is 36.5 Å². The van der Waals surface area contributed by atoms with Crippen LogP contribution >= 0.6 is 0 Å². The highest BCUT2D eigenvalue weighted by molar-refractivity contribution is 6.04. The van der Waals surface area contributed by atoms with Crippen LogP contribution in [0.25, 0.3) is 0 Å². The fraction of sp³-hybridized carbons (Fsp3) is 0.400. The van der Waals surface area contributed by atoms with E-state index in [0.717, 1.165) is 36.6 Å². The number of carbonyl (C=O) groups is 1. The number of morpholine rings is 1. The fourth-order valence-electron chi connectivity index (χ4n) is 3.54. The highest BCUT2D eigenvalue weighted by Gasteiger charge is 2.23. The quantitative estimate of drug-likeness (QED) is 0.919. The first-order valence-electron chi connectivity index (χ1n) is 9.02. The molecule has 6 heteroatoms. The van der Waals surface area contributed by atoms with Crippen LogP contribution in [0.1, 0.15) is 29.8 Å². The third-order valence-corrected chi connectivity index (χ3v) is 4.70. The SMILES string of the molecule is CC1CN(c2ccc(NC(=O)c3ccc4c(c3)CCO4)cn2)CC(C)O1. The van der Waals surface area contributed by atoms with Gasteiger partial charge in [-0.2, -0.15) is 0 Å². The van der Waals surface area contributed by atoms with Crippen molar-refractivity contribution in [3.63, 3.8) is 0 Å². The van der Waals surface area contributed by atoms with E-state index in [2.05, 4.69) is 29.0 Å². The average molecular weight is 353 g/mol. The second-order valence-corrected chi connectivity index (χ2v) is 6.94. The van der Waals surface area contributed by atoms with Crippen LogP contribution < -0.4 is 15.0 Å². The molecule has 2 aliphatic rings. The van der Waals surface area contributed by atoms with E-state index in [4.69, 9.17) is 9.47 Å². The summed E-state index contributed by atoms with van der Waals surface area (Å²) in [6, 6.07) is 9.38. The maximum atomic E-state index is 12.5. The summed E-state index contributed by atoms with van der Waals surface area (Å²) in [6.07, 6.45) is 2.92. The number of hydrogen-bond donors (Lipinski definition) is 1. The molecule has 1 aromatic heterocycles. The van der Waals surface area contributed by atoms with Crippen LogP contribution in [0.4, 0.5) is 11.5 Å². The number of ether oxygens (including phenoxy) is 2. The van der Waals surface area contributed by atoms with Gasteiger partial charge in [0.2, 0.25) is 0 Å². The lowest BCUT2D eigenvalue weighted by Crippen LogP contribution is -2.45. The summed E-state index contributed by atoms with van der Waals surface area (Å²) in [5, 5.41) is 2.91. The maximum absolute atomic E-state index is 12.5. The number of anilines is 2. The second kappa shape index (κ2) is 6.96. The minimum atomic E-state index is -0.136. The number of nitrogens with one attached hydrogen (secondary N) is 1. The van der Waals surface area contributed by atoms with Crippen molar-refractivity contribution in [1.82, 2.24) is 4.98 Å². The second-order valence-electron chi connectivity index (χ2n) is 6.94. The number of carbonyl (C=O) groups excluding carboxylic acids is 1. The molecule has 6 nitrogen and oxygen atoms in total.